The summed E-state index contributed by atoms with van der Waals surface area (Å²) >= 11 is 9.33. The number of aromatic hydroxyl groups is 1. The van der Waals surface area contributed by atoms with E-state index >= 15 is 0 Å². The number of hydrogen-bond donors (Lipinski definition) is 1. The van der Waals surface area contributed by atoms with Crippen LogP contribution >= 0.6 is 47.8 Å². The van der Waals surface area contributed by atoms with Crippen LogP contribution in [0.1, 0.15) is 0 Å². The summed E-state index contributed by atoms with van der Waals surface area (Å²) in [6.45, 7) is 1.78. The topological polar surface area (TPSA) is 47.9 Å². The lowest BCUT2D eigenvalue weighted by atomic mass is 10.3. The van der Waals surface area contributed by atoms with Gasteiger partial charge in [-0.15, -0.1) is 0 Å². The molecule has 152 valence electrons. The van der Waals surface area contributed by atoms with E-state index in [9.17, 15) is 8.78 Å². The lowest BCUT2D eigenvalue weighted by Crippen LogP contribution is -2.04. The van der Waals surface area contributed by atoms with Crippen molar-refractivity contribution in [1.82, 2.24) is 0 Å². The molecule has 0 unspecified atom stereocenters. The van der Waals surface area contributed by atoms with Crippen LogP contribution in [0.4, 0.5) is 8.78 Å². The third kappa shape index (κ3) is 13.1. The van der Waals surface area contributed by atoms with Crippen LogP contribution in [0.5, 0.6) is 11.5 Å². The maximum Gasteiger partial charge on any atom is 0.133 e. The summed E-state index contributed by atoms with van der Waals surface area (Å²) in [6, 6.07) is 7.99. The number of benzene rings is 2. The second-order valence-corrected chi connectivity index (χ2v) is 7.20. The summed E-state index contributed by atoms with van der Waals surface area (Å²) in [5, 5.41) is 9.76. The number of ether oxygens (including phenoxy) is 3. The van der Waals surface area contributed by atoms with Crippen molar-refractivity contribution in [3.63, 3.8) is 0 Å². The van der Waals surface area contributed by atoms with Gasteiger partial charge in [0.1, 0.15) is 29.7 Å². The molecule has 0 heterocycles. The number of hydrogen-bond acceptors (Lipinski definition) is 4. The molecule has 0 atom stereocenters. The number of phenolic OH excluding ortho intramolecular Hbond substituents is 1. The molecule has 0 aliphatic carbocycles. The molecule has 0 aromatic heterocycles. The Morgan fingerprint density at radius 3 is 1.81 bits per heavy atom. The maximum absolute atomic E-state index is 12.6. The molecule has 27 heavy (non-hydrogen) atoms. The van der Waals surface area contributed by atoms with E-state index in [1.165, 1.54) is 30.3 Å². The molecule has 0 bridgehead atoms. The van der Waals surface area contributed by atoms with Gasteiger partial charge >= 0.3 is 0 Å². The molecule has 4 nitrogen and oxygen atoms in total. The predicted molar refractivity (Wildman–Crippen MR) is 113 cm³/mol. The van der Waals surface area contributed by atoms with Crippen molar-refractivity contribution >= 4 is 47.8 Å². The fourth-order valence-corrected chi connectivity index (χ4v) is 2.53. The van der Waals surface area contributed by atoms with Crippen molar-refractivity contribution in [3.8, 4) is 11.5 Å². The van der Waals surface area contributed by atoms with Gasteiger partial charge in [0, 0.05) is 19.5 Å². The Morgan fingerprint density at radius 1 is 0.852 bits per heavy atom. The zero-order valence-electron chi connectivity index (χ0n) is 14.9. The first-order valence-corrected chi connectivity index (χ1v) is 10.3. The summed E-state index contributed by atoms with van der Waals surface area (Å²) in [5.41, 5.74) is 0. The Labute approximate surface area is 183 Å². The summed E-state index contributed by atoms with van der Waals surface area (Å²) in [6.07, 6.45) is 0. The SMILES string of the molecule is COCCBr.COCCOc1ccc(F)cc1Br.Oc1ccc(F)cc1Br. The molecule has 0 radical (unpaired) electrons. The average molecular weight is 579 g/mol. The largest absolute Gasteiger partial charge is 0.507 e. The minimum Gasteiger partial charge on any atom is -0.507 e. The first kappa shape index (κ1) is 26.3. The zero-order valence-corrected chi connectivity index (χ0v) is 19.6. The zero-order chi connectivity index (χ0) is 20.7. The van der Waals surface area contributed by atoms with Gasteiger partial charge in [-0.05, 0) is 68.3 Å². The van der Waals surface area contributed by atoms with E-state index in [-0.39, 0.29) is 17.4 Å². The quantitative estimate of drug-likeness (QED) is 0.341. The van der Waals surface area contributed by atoms with Gasteiger partial charge < -0.3 is 19.3 Å². The van der Waals surface area contributed by atoms with Gasteiger partial charge in [0.2, 0.25) is 0 Å². The van der Waals surface area contributed by atoms with Crippen LogP contribution in [-0.2, 0) is 9.47 Å². The average Bonchev–Trinajstić information content (AvgIpc) is 2.62. The number of rotatable bonds is 6. The molecule has 0 saturated carbocycles. The lowest BCUT2D eigenvalue weighted by molar-refractivity contribution is 0.146. The summed E-state index contributed by atoms with van der Waals surface area (Å²) in [7, 11) is 3.28. The molecule has 0 fully saturated rings. The summed E-state index contributed by atoms with van der Waals surface area (Å²) in [5.74, 6) is 0.0282. The van der Waals surface area contributed by atoms with E-state index in [0.29, 0.717) is 27.9 Å². The van der Waals surface area contributed by atoms with Crippen LogP contribution in [-0.4, -0.2) is 44.5 Å². The monoisotopic (exact) mass is 576 g/mol. The Kier molecular flexibility index (Phi) is 15.8. The van der Waals surface area contributed by atoms with Crippen LogP contribution in [0.3, 0.4) is 0 Å². The van der Waals surface area contributed by atoms with E-state index in [1.54, 1.807) is 20.3 Å². The third-order valence-electron chi connectivity index (χ3n) is 2.63. The molecule has 0 aliphatic rings. The molecule has 0 spiro atoms. The standard InChI is InChI=1S/C9H10BrFO2.C6H4BrFO.C3H7BrO/c1-12-4-5-13-9-3-2-7(11)6-8(9)10;7-5-3-4(8)1-2-6(5)9;1-5-3-2-4/h2-3,6H,4-5H2,1H3;1-3,9H;2-3H2,1H3. The minimum atomic E-state index is -0.361. The van der Waals surface area contributed by atoms with Crippen molar-refractivity contribution in [2.24, 2.45) is 0 Å². The number of alkyl halides is 1. The molecule has 0 saturated heterocycles. The predicted octanol–water partition coefficient (Wildman–Crippen LogP) is 5.93. The van der Waals surface area contributed by atoms with Crippen molar-refractivity contribution < 1.29 is 28.1 Å². The van der Waals surface area contributed by atoms with Gasteiger partial charge in [-0.3, -0.25) is 0 Å². The van der Waals surface area contributed by atoms with Gasteiger partial charge in [-0.25, -0.2) is 8.78 Å². The van der Waals surface area contributed by atoms with Crippen molar-refractivity contribution in [2.45, 2.75) is 0 Å². The highest BCUT2D eigenvalue weighted by atomic mass is 79.9. The third-order valence-corrected chi connectivity index (χ3v) is 4.21. The van der Waals surface area contributed by atoms with Gasteiger partial charge in [0.15, 0.2) is 0 Å². The molecule has 9 heteroatoms. The lowest BCUT2D eigenvalue weighted by Gasteiger charge is -2.06. The normalized spacial score (nSPS) is 9.59. The summed E-state index contributed by atoms with van der Waals surface area (Å²) < 4.78 is 40.6. The highest BCUT2D eigenvalue weighted by Crippen LogP contribution is 2.25. The van der Waals surface area contributed by atoms with E-state index in [0.717, 1.165) is 11.9 Å². The van der Waals surface area contributed by atoms with Crippen molar-refractivity contribution in [3.05, 3.63) is 57.0 Å². The molecule has 2 aromatic rings. The maximum atomic E-state index is 12.6. The Hall–Kier alpha value is -0.740. The highest BCUT2D eigenvalue weighted by Gasteiger charge is 2.01. The molecule has 2 rings (SSSR count). The molecule has 0 aliphatic heterocycles. The van der Waals surface area contributed by atoms with Crippen LogP contribution < -0.4 is 4.74 Å². The van der Waals surface area contributed by atoms with E-state index in [1.807, 2.05) is 0 Å². The van der Waals surface area contributed by atoms with Gasteiger partial charge in [0.25, 0.3) is 0 Å². The number of phenols is 1. The second-order valence-electron chi connectivity index (χ2n) is 4.69. The molecule has 2 aromatic carbocycles. The van der Waals surface area contributed by atoms with Crippen molar-refractivity contribution in [1.29, 1.82) is 0 Å². The first-order chi connectivity index (χ1) is 12.8. The summed E-state index contributed by atoms with van der Waals surface area (Å²) in [4.78, 5) is 0. The Morgan fingerprint density at radius 2 is 1.41 bits per heavy atom. The van der Waals surface area contributed by atoms with E-state index in [2.05, 4.69) is 52.5 Å². The van der Waals surface area contributed by atoms with Crippen molar-refractivity contribution in [2.75, 3.05) is 39.4 Å². The number of methoxy groups -OCH3 is 2. The molecule has 0 amide bonds. The highest BCUT2D eigenvalue weighted by molar-refractivity contribution is 9.11. The van der Waals surface area contributed by atoms with Crippen LogP contribution in [0.2, 0.25) is 0 Å². The fourth-order valence-electron chi connectivity index (χ4n) is 1.39. The Balaban J connectivity index is 0.000000419. The van der Waals surface area contributed by atoms with Gasteiger partial charge in [-0.2, -0.15) is 0 Å². The van der Waals surface area contributed by atoms with Gasteiger partial charge in [0.05, 0.1) is 22.2 Å². The molecular formula is C18H21Br3F2O4. The van der Waals surface area contributed by atoms with Crippen LogP contribution in [0.25, 0.3) is 0 Å². The minimum absolute atomic E-state index is 0.0522. The van der Waals surface area contributed by atoms with Crippen LogP contribution in [0, 0.1) is 11.6 Å². The fraction of sp³-hybridized carbons (Fsp3) is 0.333. The molecule has 1 N–H and O–H groups in total. The second kappa shape index (κ2) is 16.2. The smallest absolute Gasteiger partial charge is 0.133 e. The van der Waals surface area contributed by atoms with Gasteiger partial charge in [-0.1, -0.05) is 15.9 Å². The first-order valence-electron chi connectivity index (χ1n) is 7.61. The Bertz CT molecular complexity index is 658. The van der Waals surface area contributed by atoms with Crippen LogP contribution in [0.15, 0.2) is 45.3 Å². The number of halogens is 5. The molecular weight excluding hydrogens is 558 g/mol. The van der Waals surface area contributed by atoms with E-state index in [4.69, 9.17) is 14.6 Å². The van der Waals surface area contributed by atoms with E-state index < -0.39 is 0 Å².